The fourth-order valence-corrected chi connectivity index (χ4v) is 8.27. The van der Waals surface area contributed by atoms with Crippen LogP contribution in [0, 0.1) is 11.7 Å². The van der Waals surface area contributed by atoms with E-state index in [-0.39, 0.29) is 38.9 Å². The van der Waals surface area contributed by atoms with Crippen molar-refractivity contribution < 1.29 is 46.6 Å². The lowest BCUT2D eigenvalue weighted by Gasteiger charge is -2.31. The molecule has 1 aromatic rings. The van der Waals surface area contributed by atoms with Crippen molar-refractivity contribution in [3.05, 3.63) is 47.3 Å². The van der Waals surface area contributed by atoms with Gasteiger partial charge in [-0.25, -0.2) is 17.6 Å². The highest BCUT2D eigenvalue weighted by Crippen LogP contribution is 2.46. The van der Waals surface area contributed by atoms with Crippen LogP contribution in [-0.2, 0) is 47.0 Å². The quantitative estimate of drug-likeness (QED) is 0.316. The molecule has 2 saturated carbocycles. The van der Waals surface area contributed by atoms with Gasteiger partial charge < -0.3 is 25.4 Å². The van der Waals surface area contributed by atoms with Crippen molar-refractivity contribution >= 4 is 39.7 Å². The molecule has 3 heterocycles. The van der Waals surface area contributed by atoms with E-state index in [0.717, 1.165) is 6.42 Å². The third-order valence-corrected chi connectivity index (χ3v) is 12.0. The third kappa shape index (κ3) is 7.50. The molecule has 272 valence electrons. The summed E-state index contributed by atoms with van der Waals surface area (Å²) in [6.45, 7) is 2.46. The maximum atomic E-state index is 14.4. The van der Waals surface area contributed by atoms with E-state index in [9.17, 15) is 41.9 Å². The van der Waals surface area contributed by atoms with Crippen LogP contribution in [0.5, 0.6) is 0 Å². The zero-order valence-corrected chi connectivity index (χ0v) is 29.0. The molecule has 14 nitrogen and oxygen atoms in total. The first-order valence-electron chi connectivity index (χ1n) is 17.2. The molecule has 3 aliphatic heterocycles. The SMILES string of the molecule is CC(C)(O)C(=O)N[C@H]1CCCCC/C=C\[C@H]2C[C@@]2(C(=O)NS(=O)(=O)C2CC2)NC(=O)[C@@H]2C[C@@H](OC(=O)N3Cc4cccc(F)c4C3)CN2C1=O. The predicted molar refractivity (Wildman–Crippen MR) is 176 cm³/mol. The minimum atomic E-state index is -3.93. The first-order valence-corrected chi connectivity index (χ1v) is 18.7. The highest BCUT2D eigenvalue weighted by Gasteiger charge is 2.62. The molecule has 5 atom stereocenters. The largest absolute Gasteiger partial charge is 0.444 e. The van der Waals surface area contributed by atoms with E-state index in [0.29, 0.717) is 43.2 Å². The van der Waals surface area contributed by atoms with Crippen LogP contribution >= 0.6 is 0 Å². The van der Waals surface area contributed by atoms with E-state index in [4.69, 9.17) is 4.74 Å². The molecule has 1 aromatic carbocycles. The number of carbonyl (C=O) groups excluding carboxylic acids is 5. The highest BCUT2D eigenvalue weighted by atomic mass is 32.2. The maximum Gasteiger partial charge on any atom is 0.410 e. The number of nitrogens with one attached hydrogen (secondary N) is 3. The molecule has 50 heavy (non-hydrogen) atoms. The van der Waals surface area contributed by atoms with Gasteiger partial charge in [-0.15, -0.1) is 0 Å². The second-order valence-corrected chi connectivity index (χ2v) is 16.5. The lowest BCUT2D eigenvalue weighted by atomic mass is 10.0. The number of rotatable bonds is 6. The summed E-state index contributed by atoms with van der Waals surface area (Å²) in [5.74, 6) is -3.94. The summed E-state index contributed by atoms with van der Waals surface area (Å²) in [7, 11) is -3.93. The van der Waals surface area contributed by atoms with Crippen molar-refractivity contribution in [3.8, 4) is 0 Å². The number of ether oxygens (including phenoxy) is 1. The number of sulfonamides is 1. The molecule has 0 bridgehead atoms. The zero-order valence-electron chi connectivity index (χ0n) is 28.2. The Labute approximate surface area is 290 Å². The lowest BCUT2D eigenvalue weighted by molar-refractivity contribution is -0.145. The number of allylic oxidation sites excluding steroid dienone is 1. The van der Waals surface area contributed by atoms with E-state index in [1.165, 1.54) is 29.7 Å². The summed E-state index contributed by atoms with van der Waals surface area (Å²) < 4.78 is 47.7. The topological polar surface area (TPSA) is 192 Å². The van der Waals surface area contributed by atoms with Crippen molar-refractivity contribution in [2.75, 3.05) is 6.54 Å². The Hall–Kier alpha value is -4.05. The monoisotopic (exact) mass is 717 g/mol. The summed E-state index contributed by atoms with van der Waals surface area (Å²) in [6, 6.07) is 2.20. The summed E-state index contributed by atoms with van der Waals surface area (Å²) in [5.41, 5.74) is -2.35. The molecular weight excluding hydrogens is 673 g/mol. The van der Waals surface area contributed by atoms with Crippen LogP contribution in [0.1, 0.15) is 82.8 Å². The molecule has 0 radical (unpaired) electrons. The number of hydrogen-bond donors (Lipinski definition) is 4. The second kappa shape index (κ2) is 13.6. The number of halogens is 1. The van der Waals surface area contributed by atoms with Gasteiger partial charge in [-0.2, -0.15) is 0 Å². The third-order valence-electron chi connectivity index (χ3n) is 10.2. The van der Waals surface area contributed by atoms with E-state index >= 15 is 0 Å². The fourth-order valence-electron chi connectivity index (χ4n) is 6.91. The van der Waals surface area contributed by atoms with E-state index < -0.39 is 86.1 Å². The molecule has 5 aliphatic rings. The molecule has 5 amide bonds. The van der Waals surface area contributed by atoms with Crippen LogP contribution in [0.25, 0.3) is 0 Å². The van der Waals surface area contributed by atoms with Gasteiger partial charge in [0.15, 0.2) is 0 Å². The highest BCUT2D eigenvalue weighted by molar-refractivity contribution is 7.91. The van der Waals surface area contributed by atoms with Gasteiger partial charge in [-0.1, -0.05) is 37.1 Å². The van der Waals surface area contributed by atoms with Crippen LogP contribution in [-0.4, -0.2) is 94.2 Å². The van der Waals surface area contributed by atoms with Gasteiger partial charge in [-0.05, 0) is 64.0 Å². The summed E-state index contributed by atoms with van der Waals surface area (Å²) in [6.07, 6.45) is 5.66. The Balaban J connectivity index is 1.26. The smallest absolute Gasteiger partial charge is 0.410 e. The van der Waals surface area contributed by atoms with Crippen LogP contribution in [0.15, 0.2) is 30.4 Å². The summed E-state index contributed by atoms with van der Waals surface area (Å²) in [5, 5.41) is 15.0. The Morgan fingerprint density at radius 1 is 1.10 bits per heavy atom. The molecule has 1 saturated heterocycles. The zero-order chi connectivity index (χ0) is 36.0. The number of fused-ring (bicyclic) bond motifs is 3. The maximum absolute atomic E-state index is 14.4. The fraction of sp³-hybridized carbons (Fsp3) is 0.618. The summed E-state index contributed by atoms with van der Waals surface area (Å²) >= 11 is 0. The van der Waals surface area contributed by atoms with Crippen molar-refractivity contribution in [1.82, 2.24) is 25.2 Å². The van der Waals surface area contributed by atoms with Crippen LogP contribution in [0.4, 0.5) is 9.18 Å². The Morgan fingerprint density at radius 2 is 1.86 bits per heavy atom. The van der Waals surface area contributed by atoms with Gasteiger partial charge in [-0.3, -0.25) is 28.8 Å². The first-order chi connectivity index (χ1) is 23.6. The molecule has 16 heteroatoms. The van der Waals surface area contributed by atoms with Crippen molar-refractivity contribution in [2.24, 2.45) is 5.92 Å². The Morgan fingerprint density at radius 3 is 2.56 bits per heavy atom. The number of aliphatic hydroxyl groups is 1. The van der Waals surface area contributed by atoms with Crippen LogP contribution in [0.3, 0.4) is 0 Å². The normalized spacial score (nSPS) is 29.4. The minimum Gasteiger partial charge on any atom is -0.444 e. The van der Waals surface area contributed by atoms with Crippen molar-refractivity contribution in [2.45, 2.75) is 119 Å². The molecule has 4 N–H and O–H groups in total. The van der Waals surface area contributed by atoms with E-state index in [2.05, 4.69) is 15.4 Å². The standard InChI is InChI=1S/C34H44FN5O9S/c1-33(2,46)30(43)36-26-12-7-5-3-4-6-10-21-16-34(21,31(44)38-50(47,48)23-13-14-23)37-28(41)27-15-22(18-40(27)29(26)42)49-32(45)39-17-20-9-8-11-25(35)24(20)19-39/h6,8-11,21-23,26-27,46H,3-5,7,12-19H2,1-2H3,(H,36,43)(H,37,41)(H,38,44)/b10-6-/t21-,22+,26-,27-,34+/m0/s1. The van der Waals surface area contributed by atoms with Crippen LogP contribution < -0.4 is 15.4 Å². The van der Waals surface area contributed by atoms with Gasteiger partial charge in [0, 0.05) is 24.4 Å². The first kappa shape index (κ1) is 35.8. The second-order valence-electron chi connectivity index (χ2n) is 14.6. The molecule has 0 unspecified atom stereocenters. The Kier molecular flexibility index (Phi) is 9.72. The van der Waals surface area contributed by atoms with Gasteiger partial charge in [0.25, 0.3) is 11.8 Å². The van der Waals surface area contributed by atoms with Crippen LogP contribution in [0.2, 0.25) is 0 Å². The van der Waals surface area contributed by atoms with E-state index in [1.54, 1.807) is 18.2 Å². The lowest BCUT2D eigenvalue weighted by Crippen LogP contribution is -2.59. The minimum absolute atomic E-state index is 0.0124. The molecule has 3 fully saturated rings. The number of carbonyl (C=O) groups is 5. The van der Waals surface area contributed by atoms with Gasteiger partial charge in [0.1, 0.15) is 35.1 Å². The molecular formula is C34H44FN5O9S. The van der Waals surface area contributed by atoms with Gasteiger partial charge >= 0.3 is 6.09 Å². The summed E-state index contributed by atoms with van der Waals surface area (Å²) in [4.78, 5) is 70.5. The molecule has 2 aliphatic carbocycles. The Bertz CT molecular complexity index is 1710. The number of nitrogens with zero attached hydrogens (tertiary/aromatic N) is 2. The molecule has 0 aromatic heterocycles. The number of amides is 5. The number of benzene rings is 1. The molecule has 0 spiro atoms. The van der Waals surface area contributed by atoms with Crippen molar-refractivity contribution in [3.63, 3.8) is 0 Å². The van der Waals surface area contributed by atoms with Gasteiger partial charge in [0.2, 0.25) is 21.8 Å². The molecule has 6 rings (SSSR count). The average molecular weight is 718 g/mol. The average Bonchev–Trinajstić information content (AvgIpc) is 3.93. The van der Waals surface area contributed by atoms with Gasteiger partial charge in [0.05, 0.1) is 18.3 Å². The predicted octanol–water partition coefficient (Wildman–Crippen LogP) is 1.51. The van der Waals surface area contributed by atoms with Crippen molar-refractivity contribution in [1.29, 1.82) is 0 Å². The van der Waals surface area contributed by atoms with E-state index in [1.807, 2.05) is 6.08 Å². The number of hydrogen-bond acceptors (Lipinski definition) is 9.